The molecule has 0 atom stereocenters. The number of benzene rings is 3. The van der Waals surface area contributed by atoms with Crippen LogP contribution in [-0.2, 0) is 4.79 Å². The lowest BCUT2D eigenvalue weighted by Crippen LogP contribution is -2.13. The molecule has 3 aromatic carbocycles. The van der Waals surface area contributed by atoms with Crippen molar-refractivity contribution in [2.45, 2.75) is 16.7 Å². The van der Waals surface area contributed by atoms with Crippen molar-refractivity contribution in [1.29, 1.82) is 5.26 Å². The predicted molar refractivity (Wildman–Crippen MR) is 117 cm³/mol. The molecule has 1 amide bonds. The molecule has 6 nitrogen and oxygen atoms in total. The van der Waals surface area contributed by atoms with Gasteiger partial charge in [-0.25, -0.2) is 0 Å². The fourth-order valence-corrected chi connectivity index (χ4v) is 3.52. The van der Waals surface area contributed by atoms with Crippen LogP contribution in [-0.4, -0.2) is 10.8 Å². The van der Waals surface area contributed by atoms with Crippen LogP contribution in [0.3, 0.4) is 0 Å². The van der Waals surface area contributed by atoms with Crippen LogP contribution in [0.15, 0.2) is 88.2 Å². The summed E-state index contributed by atoms with van der Waals surface area (Å²) in [6.07, 6.45) is 1.34. The quantitative estimate of drug-likeness (QED) is 0.245. The summed E-state index contributed by atoms with van der Waals surface area (Å²) in [6, 6.07) is 22.9. The number of nitriles is 1. The highest BCUT2D eigenvalue weighted by atomic mass is 32.2. The molecule has 1 N–H and O–H groups in total. The van der Waals surface area contributed by atoms with Gasteiger partial charge in [0.2, 0.25) is 0 Å². The molecule has 7 heteroatoms. The molecule has 0 spiro atoms. The van der Waals surface area contributed by atoms with Gasteiger partial charge in [-0.2, -0.15) is 5.26 Å². The van der Waals surface area contributed by atoms with Crippen molar-refractivity contribution in [3.05, 3.63) is 99.6 Å². The Morgan fingerprint density at radius 2 is 1.80 bits per heavy atom. The minimum atomic E-state index is -0.579. The summed E-state index contributed by atoms with van der Waals surface area (Å²) in [5, 5.41) is 23.6. The first-order valence-corrected chi connectivity index (χ1v) is 9.79. The Balaban J connectivity index is 1.87. The van der Waals surface area contributed by atoms with Crippen LogP contribution in [0.25, 0.3) is 6.08 Å². The zero-order valence-electron chi connectivity index (χ0n) is 16.0. The Hall–Kier alpha value is -3.89. The van der Waals surface area contributed by atoms with Crippen molar-refractivity contribution in [3.63, 3.8) is 0 Å². The fourth-order valence-electron chi connectivity index (χ4n) is 2.62. The van der Waals surface area contributed by atoms with Crippen molar-refractivity contribution in [3.8, 4) is 6.07 Å². The molecule has 0 heterocycles. The van der Waals surface area contributed by atoms with E-state index < -0.39 is 10.8 Å². The maximum atomic E-state index is 12.4. The molecule has 3 rings (SSSR count). The first-order valence-electron chi connectivity index (χ1n) is 8.97. The van der Waals surface area contributed by atoms with Gasteiger partial charge in [-0.15, -0.1) is 0 Å². The van der Waals surface area contributed by atoms with Gasteiger partial charge in [-0.3, -0.25) is 14.9 Å². The molecule has 0 saturated carbocycles. The first kappa shape index (κ1) is 20.8. The van der Waals surface area contributed by atoms with Crippen LogP contribution in [0.5, 0.6) is 0 Å². The number of anilines is 1. The van der Waals surface area contributed by atoms with Gasteiger partial charge in [0.1, 0.15) is 11.6 Å². The monoisotopic (exact) mass is 415 g/mol. The summed E-state index contributed by atoms with van der Waals surface area (Å²) in [4.78, 5) is 24.8. The van der Waals surface area contributed by atoms with Crippen molar-refractivity contribution in [1.82, 2.24) is 0 Å². The number of nitro benzene ring substituents is 1. The number of aryl methyl sites for hydroxylation is 1. The summed E-state index contributed by atoms with van der Waals surface area (Å²) in [6.45, 7) is 1.97. The number of amides is 1. The van der Waals surface area contributed by atoms with Gasteiger partial charge >= 0.3 is 0 Å². The Labute approximate surface area is 178 Å². The first-order chi connectivity index (χ1) is 14.5. The highest BCUT2D eigenvalue weighted by Crippen LogP contribution is 2.35. The number of hydrogen-bond donors (Lipinski definition) is 1. The summed E-state index contributed by atoms with van der Waals surface area (Å²) in [5.41, 5.74) is 1.82. The molecule has 0 aliphatic rings. The van der Waals surface area contributed by atoms with Crippen molar-refractivity contribution < 1.29 is 9.72 Å². The van der Waals surface area contributed by atoms with Crippen molar-refractivity contribution in [2.24, 2.45) is 0 Å². The molecule has 0 saturated heterocycles. The molecule has 0 bridgehead atoms. The zero-order chi connectivity index (χ0) is 21.5. The van der Waals surface area contributed by atoms with Crippen LogP contribution in [0.2, 0.25) is 0 Å². The lowest BCUT2D eigenvalue weighted by atomic mass is 10.1. The zero-order valence-corrected chi connectivity index (χ0v) is 16.8. The molecule has 0 aromatic heterocycles. The second-order valence-electron chi connectivity index (χ2n) is 6.39. The van der Waals surface area contributed by atoms with Gasteiger partial charge in [0.05, 0.1) is 9.82 Å². The van der Waals surface area contributed by atoms with Crippen LogP contribution >= 0.6 is 11.8 Å². The van der Waals surface area contributed by atoms with Crippen LogP contribution in [0.1, 0.15) is 11.1 Å². The lowest BCUT2D eigenvalue weighted by molar-refractivity contribution is -0.387. The number of carbonyl (C=O) groups excluding carboxylic acids is 1. The molecular formula is C23H17N3O3S. The van der Waals surface area contributed by atoms with Gasteiger partial charge in [-0.05, 0) is 48.9 Å². The van der Waals surface area contributed by atoms with Gasteiger partial charge in [0.15, 0.2) is 0 Å². The second kappa shape index (κ2) is 9.54. The Kier molecular flexibility index (Phi) is 6.63. The number of nitrogens with one attached hydrogen (secondary N) is 1. The summed E-state index contributed by atoms with van der Waals surface area (Å²) in [7, 11) is 0. The number of hydrogen-bond acceptors (Lipinski definition) is 5. The number of carbonyl (C=O) groups is 1. The third-order valence-corrected chi connectivity index (χ3v) is 5.21. The maximum Gasteiger partial charge on any atom is 0.283 e. The SMILES string of the molecule is Cc1ccc(Sc2ccc(C=C(C#N)C(=O)Nc3ccccc3)cc2[N+](=O)[O-])cc1. The van der Waals surface area contributed by atoms with E-state index in [9.17, 15) is 20.2 Å². The van der Waals surface area contributed by atoms with E-state index in [1.807, 2.05) is 43.3 Å². The molecule has 148 valence electrons. The van der Waals surface area contributed by atoms with Crippen molar-refractivity contribution >= 4 is 35.1 Å². The Bertz CT molecular complexity index is 1150. The highest BCUT2D eigenvalue weighted by molar-refractivity contribution is 7.99. The van der Waals surface area contributed by atoms with Crippen LogP contribution in [0, 0.1) is 28.4 Å². The molecule has 0 fully saturated rings. The van der Waals surface area contributed by atoms with Crippen molar-refractivity contribution in [2.75, 3.05) is 5.32 Å². The minimum absolute atomic E-state index is 0.0879. The second-order valence-corrected chi connectivity index (χ2v) is 7.50. The summed E-state index contributed by atoms with van der Waals surface area (Å²) >= 11 is 1.29. The van der Waals surface area contributed by atoms with Gasteiger partial charge in [0, 0.05) is 16.6 Å². The topological polar surface area (TPSA) is 96.0 Å². The van der Waals surface area contributed by atoms with Gasteiger partial charge in [0.25, 0.3) is 11.6 Å². The summed E-state index contributed by atoms with van der Waals surface area (Å²) in [5.74, 6) is -0.579. The predicted octanol–water partition coefficient (Wildman–Crippen LogP) is 5.60. The van der Waals surface area contributed by atoms with Crippen LogP contribution < -0.4 is 5.32 Å². The minimum Gasteiger partial charge on any atom is -0.321 e. The Morgan fingerprint density at radius 3 is 2.43 bits per heavy atom. The lowest BCUT2D eigenvalue weighted by Gasteiger charge is -2.06. The third-order valence-electron chi connectivity index (χ3n) is 4.14. The number of nitrogens with zero attached hydrogens (tertiary/aromatic N) is 2. The molecule has 0 radical (unpaired) electrons. The van der Waals surface area contributed by atoms with E-state index in [0.29, 0.717) is 16.1 Å². The van der Waals surface area contributed by atoms with E-state index in [2.05, 4.69) is 5.32 Å². The molecule has 0 aliphatic carbocycles. The molecular weight excluding hydrogens is 398 g/mol. The van der Waals surface area contributed by atoms with E-state index in [0.717, 1.165) is 10.5 Å². The maximum absolute atomic E-state index is 12.4. The molecule has 3 aromatic rings. The molecule has 0 aliphatic heterocycles. The van der Waals surface area contributed by atoms with E-state index in [1.165, 1.54) is 23.9 Å². The van der Waals surface area contributed by atoms with Crippen LogP contribution in [0.4, 0.5) is 11.4 Å². The average Bonchev–Trinajstić information content (AvgIpc) is 2.75. The van der Waals surface area contributed by atoms with E-state index in [-0.39, 0.29) is 11.3 Å². The number of nitro groups is 1. The number of para-hydroxylation sites is 1. The highest BCUT2D eigenvalue weighted by Gasteiger charge is 2.17. The smallest absolute Gasteiger partial charge is 0.283 e. The van der Waals surface area contributed by atoms with Gasteiger partial charge < -0.3 is 5.32 Å². The Morgan fingerprint density at radius 1 is 1.10 bits per heavy atom. The normalized spacial score (nSPS) is 10.9. The summed E-state index contributed by atoms with van der Waals surface area (Å²) < 4.78 is 0. The van der Waals surface area contributed by atoms with Gasteiger partial charge in [-0.1, -0.05) is 53.7 Å². The fraction of sp³-hybridized carbons (Fsp3) is 0.0435. The third kappa shape index (κ3) is 5.34. The molecule has 0 unspecified atom stereocenters. The van der Waals surface area contributed by atoms with E-state index >= 15 is 0 Å². The van der Waals surface area contributed by atoms with E-state index in [4.69, 9.17) is 0 Å². The van der Waals surface area contributed by atoms with E-state index in [1.54, 1.807) is 36.4 Å². The number of rotatable bonds is 6. The average molecular weight is 415 g/mol. The molecule has 30 heavy (non-hydrogen) atoms. The largest absolute Gasteiger partial charge is 0.321 e. The standard InChI is InChI=1S/C23H17N3O3S/c1-16-7-10-20(11-8-16)30-22-12-9-17(14-21(22)26(28)29)13-18(15-24)23(27)25-19-5-3-2-4-6-19/h2-14H,1H3,(H,25,27).